The molecule has 1 aromatic carbocycles. The minimum absolute atomic E-state index is 0.128. The van der Waals surface area contributed by atoms with Crippen LogP contribution in [0, 0.1) is 6.92 Å². The van der Waals surface area contributed by atoms with E-state index in [0.717, 1.165) is 24.6 Å². The number of benzene rings is 1. The number of aryl methyl sites for hydroxylation is 1. The minimum Gasteiger partial charge on any atom is -0.476 e. The maximum Gasteiger partial charge on any atom is 0.573 e. The standard InChI is InChI=1S/C18H22F3N7O5S/c1-11-24-15(27-16(25-11)31-5)26-14(22)28(23-10-32-17(2,3)4)34(29,30)13-9-7-6-8-12(13)33-18(19,20)21/h6-10H,1-5H3,(H2,22,24,25,26,27). The number of sulfonamides is 1. The van der Waals surface area contributed by atoms with Gasteiger partial charge in [-0.1, -0.05) is 12.1 Å². The second-order valence-corrected chi connectivity index (χ2v) is 9.07. The molecule has 0 fully saturated rings. The Morgan fingerprint density at radius 1 is 1.15 bits per heavy atom. The first-order valence-electron chi connectivity index (χ1n) is 9.33. The van der Waals surface area contributed by atoms with Crippen LogP contribution in [0.3, 0.4) is 0 Å². The first-order chi connectivity index (χ1) is 15.6. The lowest BCUT2D eigenvalue weighted by molar-refractivity contribution is -0.275. The molecule has 2 aromatic rings. The van der Waals surface area contributed by atoms with Gasteiger partial charge in [0.1, 0.15) is 22.1 Å². The molecule has 0 atom stereocenters. The highest BCUT2D eigenvalue weighted by molar-refractivity contribution is 7.89. The summed E-state index contributed by atoms with van der Waals surface area (Å²) in [5.74, 6) is -1.98. The van der Waals surface area contributed by atoms with Gasteiger partial charge in [-0.25, -0.2) is 0 Å². The molecule has 0 unspecified atom stereocenters. The fourth-order valence-corrected chi connectivity index (χ4v) is 3.41. The number of alkyl halides is 3. The number of hydrogen-bond acceptors (Lipinski definition) is 10. The van der Waals surface area contributed by atoms with Gasteiger partial charge in [0, 0.05) is 0 Å². The third kappa shape index (κ3) is 7.43. The van der Waals surface area contributed by atoms with E-state index in [1.54, 1.807) is 20.8 Å². The fraction of sp³-hybridized carbons (Fsp3) is 0.389. The van der Waals surface area contributed by atoms with Gasteiger partial charge in [-0.15, -0.1) is 22.7 Å². The topological polar surface area (TPSA) is 154 Å². The van der Waals surface area contributed by atoms with Crippen LogP contribution in [-0.4, -0.2) is 59.2 Å². The van der Waals surface area contributed by atoms with E-state index < -0.39 is 38.6 Å². The molecule has 0 saturated heterocycles. The number of methoxy groups -OCH3 is 1. The van der Waals surface area contributed by atoms with Crippen LogP contribution >= 0.6 is 0 Å². The summed E-state index contributed by atoms with van der Waals surface area (Å²) in [7, 11) is -3.61. The van der Waals surface area contributed by atoms with Crippen molar-refractivity contribution in [3.8, 4) is 11.8 Å². The monoisotopic (exact) mass is 505 g/mol. The van der Waals surface area contributed by atoms with Gasteiger partial charge in [0.05, 0.1) is 7.11 Å². The summed E-state index contributed by atoms with van der Waals surface area (Å²) in [6.07, 6.45) is -4.40. The largest absolute Gasteiger partial charge is 0.573 e. The minimum atomic E-state index is -5.16. The Balaban J connectivity index is 2.62. The van der Waals surface area contributed by atoms with E-state index in [9.17, 15) is 21.6 Å². The number of aliphatic imine (C=N–C) groups is 1. The normalized spacial score (nSPS) is 13.1. The van der Waals surface area contributed by atoms with Crippen LogP contribution in [-0.2, 0) is 14.8 Å². The molecule has 0 saturated carbocycles. The van der Waals surface area contributed by atoms with Crippen molar-refractivity contribution in [1.29, 1.82) is 0 Å². The highest BCUT2D eigenvalue weighted by Gasteiger charge is 2.36. The Kier molecular flexibility index (Phi) is 7.86. The summed E-state index contributed by atoms with van der Waals surface area (Å²) in [6.45, 7) is 6.46. The highest BCUT2D eigenvalue weighted by Crippen LogP contribution is 2.31. The lowest BCUT2D eigenvalue weighted by Crippen LogP contribution is -2.39. The van der Waals surface area contributed by atoms with Crippen molar-refractivity contribution in [3.05, 3.63) is 30.1 Å². The Bertz CT molecular complexity index is 1180. The summed E-state index contributed by atoms with van der Waals surface area (Å²) in [5, 5.41) is 3.66. The van der Waals surface area contributed by atoms with Gasteiger partial charge in [-0.2, -0.15) is 28.4 Å². The number of nitrogens with zero attached hydrogens (tertiary/aromatic N) is 6. The molecular formula is C18H22F3N7O5S. The van der Waals surface area contributed by atoms with Gasteiger partial charge in [-0.05, 0) is 39.8 Å². The molecule has 34 heavy (non-hydrogen) atoms. The van der Waals surface area contributed by atoms with E-state index in [2.05, 4.69) is 29.8 Å². The molecular weight excluding hydrogens is 483 g/mol. The van der Waals surface area contributed by atoms with Crippen molar-refractivity contribution >= 4 is 28.3 Å². The average Bonchev–Trinajstić information content (AvgIpc) is 2.68. The summed E-state index contributed by atoms with van der Waals surface area (Å²) < 4.78 is 79.3. The van der Waals surface area contributed by atoms with E-state index in [1.165, 1.54) is 20.1 Å². The highest BCUT2D eigenvalue weighted by atomic mass is 32.2. The zero-order chi connectivity index (χ0) is 25.7. The molecule has 1 heterocycles. The number of aromatic nitrogens is 3. The molecule has 186 valence electrons. The second-order valence-electron chi connectivity index (χ2n) is 7.33. The van der Waals surface area contributed by atoms with Crippen molar-refractivity contribution < 1.29 is 35.8 Å². The number of para-hydroxylation sites is 1. The average molecular weight is 505 g/mol. The fourth-order valence-electron chi connectivity index (χ4n) is 2.16. The van der Waals surface area contributed by atoms with Gasteiger partial charge in [-0.3, -0.25) is 0 Å². The quantitative estimate of drug-likeness (QED) is 0.339. The molecule has 0 aliphatic heterocycles. The number of nitrogens with two attached hydrogens (primary N) is 1. The van der Waals surface area contributed by atoms with Gasteiger partial charge in [0.25, 0.3) is 16.0 Å². The predicted octanol–water partition coefficient (Wildman–Crippen LogP) is 2.48. The number of rotatable bonds is 7. The lowest BCUT2D eigenvalue weighted by atomic mass is 10.2. The van der Waals surface area contributed by atoms with Crippen molar-refractivity contribution in [3.63, 3.8) is 0 Å². The van der Waals surface area contributed by atoms with Crippen molar-refractivity contribution in [2.75, 3.05) is 7.11 Å². The summed E-state index contributed by atoms with van der Waals surface area (Å²) in [4.78, 5) is 14.5. The molecule has 0 aliphatic rings. The third-order valence-corrected chi connectivity index (χ3v) is 5.08. The van der Waals surface area contributed by atoms with Crippen LogP contribution in [0.15, 0.2) is 39.3 Å². The number of hydrazone groups is 1. The SMILES string of the molecule is COc1nc(C)nc(N=C(N)N(N=COC(C)(C)C)S(=O)(=O)c2ccccc2OC(F)(F)F)n1. The van der Waals surface area contributed by atoms with Crippen molar-refractivity contribution in [2.45, 2.75) is 44.6 Å². The van der Waals surface area contributed by atoms with Crippen LogP contribution in [0.2, 0.25) is 0 Å². The van der Waals surface area contributed by atoms with Gasteiger partial charge in [0.15, 0.2) is 6.40 Å². The van der Waals surface area contributed by atoms with Crippen LogP contribution in [0.1, 0.15) is 26.6 Å². The number of ether oxygens (including phenoxy) is 3. The van der Waals surface area contributed by atoms with Crippen LogP contribution in [0.4, 0.5) is 19.1 Å². The van der Waals surface area contributed by atoms with Crippen LogP contribution in [0.25, 0.3) is 0 Å². The van der Waals surface area contributed by atoms with Crippen molar-refractivity contribution in [1.82, 2.24) is 19.4 Å². The molecule has 0 aliphatic carbocycles. The number of hydrogen-bond donors (Lipinski definition) is 1. The molecule has 1 aromatic heterocycles. The molecule has 2 N–H and O–H groups in total. The Hall–Kier alpha value is -3.69. The summed E-state index contributed by atoms with van der Waals surface area (Å²) >= 11 is 0. The predicted molar refractivity (Wildman–Crippen MR) is 114 cm³/mol. The second kappa shape index (κ2) is 10.1. The number of halogens is 3. The Morgan fingerprint density at radius 3 is 2.38 bits per heavy atom. The third-order valence-electron chi connectivity index (χ3n) is 3.45. The molecule has 2 rings (SSSR count). The molecule has 0 spiro atoms. The molecule has 0 bridgehead atoms. The maximum atomic E-state index is 13.3. The zero-order valence-corrected chi connectivity index (χ0v) is 19.5. The van der Waals surface area contributed by atoms with E-state index in [1.807, 2.05) is 0 Å². The summed E-state index contributed by atoms with van der Waals surface area (Å²) in [6, 6.07) is 3.93. The van der Waals surface area contributed by atoms with Gasteiger partial charge < -0.3 is 19.9 Å². The molecule has 0 amide bonds. The van der Waals surface area contributed by atoms with E-state index in [-0.39, 0.29) is 22.2 Å². The Labute approximate surface area is 193 Å². The lowest BCUT2D eigenvalue weighted by Gasteiger charge is -2.21. The van der Waals surface area contributed by atoms with Crippen LogP contribution in [0.5, 0.6) is 11.8 Å². The van der Waals surface area contributed by atoms with E-state index in [4.69, 9.17) is 15.2 Å². The number of guanidine groups is 1. The first kappa shape index (κ1) is 26.6. The van der Waals surface area contributed by atoms with Crippen LogP contribution < -0.4 is 15.2 Å². The molecule has 12 nitrogen and oxygen atoms in total. The van der Waals surface area contributed by atoms with Crippen molar-refractivity contribution in [2.24, 2.45) is 15.8 Å². The first-order valence-corrected chi connectivity index (χ1v) is 10.8. The maximum absolute atomic E-state index is 13.3. The van der Waals surface area contributed by atoms with E-state index >= 15 is 0 Å². The molecule has 0 radical (unpaired) electrons. The molecule has 16 heteroatoms. The zero-order valence-electron chi connectivity index (χ0n) is 18.7. The smallest absolute Gasteiger partial charge is 0.476 e. The van der Waals surface area contributed by atoms with Gasteiger partial charge in [0.2, 0.25) is 5.96 Å². The Morgan fingerprint density at radius 2 is 1.79 bits per heavy atom. The van der Waals surface area contributed by atoms with E-state index in [0.29, 0.717) is 0 Å². The van der Waals surface area contributed by atoms with Gasteiger partial charge >= 0.3 is 12.4 Å². The summed E-state index contributed by atoms with van der Waals surface area (Å²) in [5.41, 5.74) is 5.09.